The van der Waals surface area contributed by atoms with E-state index >= 15 is 0 Å². The summed E-state index contributed by atoms with van der Waals surface area (Å²) < 4.78 is 4.88. The number of ketones is 1. The summed E-state index contributed by atoms with van der Waals surface area (Å²) in [4.78, 5) is 25.2. The van der Waals surface area contributed by atoms with Gasteiger partial charge in [0, 0.05) is 18.0 Å². The molecule has 90 valence electrons. The molecular weight excluding hydrogens is 236 g/mol. The van der Waals surface area contributed by atoms with Crippen LogP contribution in [0.25, 0.3) is 6.08 Å². The fourth-order valence-corrected chi connectivity index (χ4v) is 1.30. The second kappa shape index (κ2) is 5.05. The summed E-state index contributed by atoms with van der Waals surface area (Å²) in [5.74, 6) is -0.327. The summed E-state index contributed by atoms with van der Waals surface area (Å²) in [7, 11) is 0. The van der Waals surface area contributed by atoms with E-state index in [0.717, 1.165) is 0 Å². The van der Waals surface area contributed by atoms with Crippen LogP contribution in [0, 0.1) is 10.1 Å². The number of allylic oxidation sites excluding steroid dienone is 1. The second-order valence-electron chi connectivity index (χ2n) is 3.37. The van der Waals surface area contributed by atoms with Crippen molar-refractivity contribution >= 4 is 17.7 Å². The molecule has 2 aromatic heterocycles. The molecule has 0 fully saturated rings. The van der Waals surface area contributed by atoms with Crippen LogP contribution in [0.15, 0.2) is 47.2 Å². The van der Waals surface area contributed by atoms with E-state index < -0.39 is 4.92 Å². The van der Waals surface area contributed by atoms with E-state index in [9.17, 15) is 14.9 Å². The van der Waals surface area contributed by atoms with Gasteiger partial charge < -0.3 is 4.42 Å². The van der Waals surface area contributed by atoms with Crippen molar-refractivity contribution in [2.45, 2.75) is 0 Å². The van der Waals surface area contributed by atoms with Gasteiger partial charge in [-0.2, -0.15) is 0 Å². The van der Waals surface area contributed by atoms with E-state index in [1.54, 1.807) is 12.1 Å². The van der Waals surface area contributed by atoms with E-state index in [1.807, 2.05) is 0 Å². The summed E-state index contributed by atoms with van der Waals surface area (Å²) in [6.07, 6.45) is 5.70. The molecule has 0 aliphatic carbocycles. The van der Waals surface area contributed by atoms with Crippen LogP contribution in [-0.2, 0) is 0 Å². The SMILES string of the molecule is O=C(C=Cc1ccc([N+](=O)[O-])o1)c1ccncc1. The van der Waals surface area contributed by atoms with Crippen molar-refractivity contribution in [3.05, 3.63) is 64.2 Å². The molecule has 0 N–H and O–H groups in total. The predicted octanol–water partition coefficient (Wildman–Crippen LogP) is 2.48. The van der Waals surface area contributed by atoms with E-state index in [2.05, 4.69) is 4.98 Å². The molecule has 0 aliphatic rings. The van der Waals surface area contributed by atoms with Crippen molar-refractivity contribution in [2.75, 3.05) is 0 Å². The minimum absolute atomic E-state index is 0.226. The van der Waals surface area contributed by atoms with E-state index in [0.29, 0.717) is 5.56 Å². The quantitative estimate of drug-likeness (QED) is 0.357. The summed E-state index contributed by atoms with van der Waals surface area (Å²) in [6.45, 7) is 0. The molecule has 0 spiro atoms. The summed E-state index contributed by atoms with van der Waals surface area (Å²) in [6, 6.07) is 5.82. The van der Waals surface area contributed by atoms with Gasteiger partial charge in [0.2, 0.25) is 0 Å². The summed E-state index contributed by atoms with van der Waals surface area (Å²) >= 11 is 0. The average Bonchev–Trinajstić information content (AvgIpc) is 2.86. The molecule has 0 atom stereocenters. The molecule has 0 amide bonds. The van der Waals surface area contributed by atoms with E-state index in [4.69, 9.17) is 4.42 Å². The Morgan fingerprint density at radius 2 is 2.00 bits per heavy atom. The Morgan fingerprint density at radius 1 is 1.28 bits per heavy atom. The fraction of sp³-hybridized carbons (Fsp3) is 0. The summed E-state index contributed by atoms with van der Waals surface area (Å²) in [5, 5.41) is 10.4. The standard InChI is InChI=1S/C12H8N2O4/c15-11(9-5-7-13-8-6-9)3-1-10-2-4-12(18-10)14(16)17/h1-8H. The van der Waals surface area contributed by atoms with E-state index in [1.165, 1.54) is 36.7 Å². The molecule has 18 heavy (non-hydrogen) atoms. The Morgan fingerprint density at radius 3 is 2.61 bits per heavy atom. The maximum Gasteiger partial charge on any atom is 0.433 e. The maximum atomic E-state index is 11.7. The largest absolute Gasteiger partial charge is 0.433 e. The first kappa shape index (κ1) is 11.7. The highest BCUT2D eigenvalue weighted by atomic mass is 16.6. The first-order valence-electron chi connectivity index (χ1n) is 5.03. The zero-order chi connectivity index (χ0) is 13.0. The molecule has 0 saturated heterocycles. The molecule has 2 heterocycles. The zero-order valence-corrected chi connectivity index (χ0v) is 9.15. The fourth-order valence-electron chi connectivity index (χ4n) is 1.30. The number of hydrogen-bond donors (Lipinski definition) is 0. The lowest BCUT2D eigenvalue weighted by atomic mass is 10.1. The topological polar surface area (TPSA) is 86.2 Å². The number of hydrogen-bond acceptors (Lipinski definition) is 5. The van der Waals surface area contributed by atoms with Crippen LogP contribution < -0.4 is 0 Å². The summed E-state index contributed by atoms with van der Waals surface area (Å²) in [5.41, 5.74) is 0.488. The smallest absolute Gasteiger partial charge is 0.401 e. The van der Waals surface area contributed by atoms with Crippen molar-refractivity contribution in [3.8, 4) is 0 Å². The molecule has 2 rings (SSSR count). The van der Waals surface area contributed by atoms with Gasteiger partial charge in [-0.05, 0) is 30.4 Å². The Balaban J connectivity index is 2.11. The lowest BCUT2D eigenvalue weighted by Gasteiger charge is -1.92. The minimum atomic E-state index is -0.637. The van der Waals surface area contributed by atoms with Gasteiger partial charge >= 0.3 is 5.88 Å². The molecule has 0 saturated carbocycles. The maximum absolute atomic E-state index is 11.7. The Kier molecular flexibility index (Phi) is 3.29. The Bertz CT molecular complexity index is 602. The predicted molar refractivity (Wildman–Crippen MR) is 63.0 cm³/mol. The van der Waals surface area contributed by atoms with Crippen molar-refractivity contribution in [1.82, 2.24) is 4.98 Å². The van der Waals surface area contributed by atoms with Gasteiger partial charge in [0.15, 0.2) is 5.78 Å². The number of nitrogens with zero attached hydrogens (tertiary/aromatic N) is 2. The molecule has 0 aliphatic heterocycles. The lowest BCUT2D eigenvalue weighted by molar-refractivity contribution is -0.402. The van der Waals surface area contributed by atoms with Gasteiger partial charge in [0.05, 0.1) is 6.07 Å². The first-order valence-corrected chi connectivity index (χ1v) is 5.03. The van der Waals surface area contributed by atoms with Crippen LogP contribution in [0.4, 0.5) is 5.88 Å². The Labute approximate surface area is 102 Å². The number of carbonyl (C=O) groups excluding carboxylic acids is 1. The number of pyridine rings is 1. The molecule has 2 aromatic rings. The van der Waals surface area contributed by atoms with Crippen LogP contribution in [0.1, 0.15) is 16.1 Å². The number of rotatable bonds is 4. The molecule has 0 bridgehead atoms. The van der Waals surface area contributed by atoms with Crippen molar-refractivity contribution < 1.29 is 14.1 Å². The highest BCUT2D eigenvalue weighted by Crippen LogP contribution is 2.16. The molecule has 6 nitrogen and oxygen atoms in total. The van der Waals surface area contributed by atoms with Crippen LogP contribution in [0.2, 0.25) is 0 Å². The van der Waals surface area contributed by atoms with Crippen LogP contribution in [-0.4, -0.2) is 15.7 Å². The van der Waals surface area contributed by atoms with Gasteiger partial charge in [0.1, 0.15) is 10.7 Å². The van der Waals surface area contributed by atoms with Crippen LogP contribution >= 0.6 is 0 Å². The van der Waals surface area contributed by atoms with Crippen LogP contribution in [0.5, 0.6) is 0 Å². The molecular formula is C12H8N2O4. The lowest BCUT2D eigenvalue weighted by Crippen LogP contribution is -1.93. The van der Waals surface area contributed by atoms with Gasteiger partial charge in [0.25, 0.3) is 0 Å². The van der Waals surface area contributed by atoms with Crippen molar-refractivity contribution in [2.24, 2.45) is 0 Å². The third-order valence-electron chi connectivity index (χ3n) is 2.16. The van der Waals surface area contributed by atoms with E-state index in [-0.39, 0.29) is 17.4 Å². The molecule has 6 heteroatoms. The van der Waals surface area contributed by atoms with Crippen molar-refractivity contribution in [3.63, 3.8) is 0 Å². The van der Waals surface area contributed by atoms with Gasteiger partial charge in [-0.25, -0.2) is 0 Å². The minimum Gasteiger partial charge on any atom is -0.401 e. The number of nitro groups is 1. The van der Waals surface area contributed by atoms with Crippen molar-refractivity contribution in [1.29, 1.82) is 0 Å². The zero-order valence-electron chi connectivity index (χ0n) is 9.15. The van der Waals surface area contributed by atoms with Crippen LogP contribution in [0.3, 0.4) is 0 Å². The number of furan rings is 1. The first-order chi connectivity index (χ1) is 8.66. The molecule has 0 unspecified atom stereocenters. The van der Waals surface area contributed by atoms with Gasteiger partial charge in [-0.15, -0.1) is 0 Å². The average molecular weight is 244 g/mol. The molecule has 0 radical (unpaired) electrons. The normalized spacial score (nSPS) is 10.7. The Hall–Kier alpha value is -2.76. The third kappa shape index (κ3) is 2.67. The number of carbonyl (C=O) groups is 1. The molecule has 0 aromatic carbocycles. The highest BCUT2D eigenvalue weighted by molar-refractivity contribution is 6.06. The van der Waals surface area contributed by atoms with Gasteiger partial charge in [-0.1, -0.05) is 0 Å². The third-order valence-corrected chi connectivity index (χ3v) is 2.16. The van der Waals surface area contributed by atoms with Gasteiger partial charge in [-0.3, -0.25) is 19.9 Å². The second-order valence-corrected chi connectivity index (χ2v) is 3.37. The number of aromatic nitrogens is 1. The monoisotopic (exact) mass is 244 g/mol. The highest BCUT2D eigenvalue weighted by Gasteiger charge is 2.10.